The topological polar surface area (TPSA) is 28.5 Å². The van der Waals surface area contributed by atoms with Crippen LogP contribution in [0.5, 0.6) is 0 Å². The van der Waals surface area contributed by atoms with E-state index in [0.717, 1.165) is 0 Å². The summed E-state index contributed by atoms with van der Waals surface area (Å²) in [6.07, 6.45) is 0. The van der Waals surface area contributed by atoms with Crippen molar-refractivity contribution in [3.8, 4) is 0 Å². The van der Waals surface area contributed by atoms with E-state index in [1.807, 2.05) is 36.4 Å². The molecule has 0 saturated heterocycles. The van der Waals surface area contributed by atoms with Crippen LogP contribution in [-0.2, 0) is 5.48 Å². The van der Waals surface area contributed by atoms with E-state index in [2.05, 4.69) is 0 Å². The monoisotopic (exact) mass is 118 g/mol. The van der Waals surface area contributed by atoms with Gasteiger partial charge in [-0.25, -0.2) is 0 Å². The van der Waals surface area contributed by atoms with Crippen molar-refractivity contribution in [2.24, 2.45) is 0 Å². The summed E-state index contributed by atoms with van der Waals surface area (Å²) < 4.78 is 0. The second-order valence-corrected chi connectivity index (χ2v) is 1.15. The van der Waals surface area contributed by atoms with Gasteiger partial charge in [-0.1, -0.05) is 36.4 Å². The number of hydrogen-bond acceptors (Lipinski definition) is 0. The van der Waals surface area contributed by atoms with E-state index in [1.165, 1.54) is 0 Å². The van der Waals surface area contributed by atoms with E-state index in [9.17, 15) is 0 Å². The minimum atomic E-state index is 0. The number of benzene rings is 1. The quantitative estimate of drug-likeness (QED) is 0.458. The summed E-state index contributed by atoms with van der Waals surface area (Å²) in [6, 6.07) is 12.0. The van der Waals surface area contributed by atoms with E-state index in [1.54, 1.807) is 0 Å². The van der Waals surface area contributed by atoms with Crippen molar-refractivity contribution >= 4 is 23.1 Å². The zero-order chi connectivity index (χ0) is 4.24. The largest absolute Gasteiger partial charge is 2.00 e. The molecule has 0 amide bonds. The predicted octanol–water partition coefficient (Wildman–Crippen LogP) is 1.19. The molecule has 0 bridgehead atoms. The van der Waals surface area contributed by atoms with Crippen LogP contribution in [0.4, 0.5) is 0 Å². The van der Waals surface area contributed by atoms with Crippen molar-refractivity contribution in [1.29, 1.82) is 0 Å². The molecule has 8 heavy (non-hydrogen) atoms. The Labute approximate surface area is 65.2 Å². The normalized spacial score (nSPS) is 6.00. The first-order valence-corrected chi connectivity index (χ1v) is 2.00. The maximum absolute atomic E-state index is 2.00. The Morgan fingerprint density at radius 3 is 0.750 bits per heavy atom. The van der Waals surface area contributed by atoms with E-state index >= 15 is 0 Å². The van der Waals surface area contributed by atoms with Gasteiger partial charge >= 0.3 is 23.1 Å². The molecule has 0 aromatic heterocycles. The Hall–Kier alpha value is -0.0538. The molecule has 0 N–H and O–H groups in total. The van der Waals surface area contributed by atoms with E-state index in [-0.39, 0.29) is 28.5 Å². The van der Waals surface area contributed by atoms with Gasteiger partial charge in [0.25, 0.3) is 0 Å². The average molecular weight is 118 g/mol. The maximum Gasteiger partial charge on any atom is 2.00 e. The van der Waals surface area contributed by atoms with Crippen LogP contribution in [0, 0.1) is 0 Å². The van der Waals surface area contributed by atoms with Crippen molar-refractivity contribution in [2.75, 3.05) is 0 Å². The van der Waals surface area contributed by atoms with Gasteiger partial charge in [-0.3, -0.25) is 0 Å². The van der Waals surface area contributed by atoms with Crippen LogP contribution in [0.25, 0.3) is 0 Å². The third kappa shape index (κ3) is 4.11. The molecule has 0 spiro atoms. The van der Waals surface area contributed by atoms with Crippen molar-refractivity contribution in [3.63, 3.8) is 0 Å². The first kappa shape index (κ1) is 10.8. The summed E-state index contributed by atoms with van der Waals surface area (Å²) in [5.41, 5.74) is 0. The first-order valence-electron chi connectivity index (χ1n) is 2.00. The number of hydrogen-bond donors (Lipinski definition) is 0. The van der Waals surface area contributed by atoms with Gasteiger partial charge < -0.3 is 5.48 Å². The van der Waals surface area contributed by atoms with E-state index in [0.29, 0.717) is 0 Å². The molecule has 0 unspecified atom stereocenters. The van der Waals surface area contributed by atoms with Crippen LogP contribution in [0.1, 0.15) is 0 Å². The number of rotatable bonds is 0. The molecule has 0 atom stereocenters. The zero-order valence-electron chi connectivity index (χ0n) is 4.58. The van der Waals surface area contributed by atoms with Crippen molar-refractivity contribution in [2.45, 2.75) is 0 Å². The van der Waals surface area contributed by atoms with Crippen LogP contribution >= 0.6 is 0 Å². The second-order valence-electron chi connectivity index (χ2n) is 1.15. The van der Waals surface area contributed by atoms with Crippen LogP contribution in [0.3, 0.4) is 0 Å². The third-order valence-corrected chi connectivity index (χ3v) is 0.667. The maximum atomic E-state index is 2.00. The molecule has 0 aliphatic carbocycles. The van der Waals surface area contributed by atoms with E-state index in [4.69, 9.17) is 0 Å². The average Bonchev–Trinajstić information content (AvgIpc) is 1.72. The molecule has 0 aliphatic heterocycles. The minimum Gasteiger partial charge on any atom is -2.00 e. The molecular weight excluding hydrogens is 112 g/mol. The summed E-state index contributed by atoms with van der Waals surface area (Å²) in [6.45, 7) is 0. The van der Waals surface area contributed by atoms with Gasteiger partial charge in [-0.2, -0.15) is 0 Å². The molecule has 0 aliphatic rings. The molecular formula is C6H6MgO. The summed E-state index contributed by atoms with van der Waals surface area (Å²) in [4.78, 5) is 0. The van der Waals surface area contributed by atoms with Gasteiger partial charge in [-0.15, -0.1) is 0 Å². The summed E-state index contributed by atoms with van der Waals surface area (Å²) in [7, 11) is 0. The minimum absolute atomic E-state index is 0. The zero-order valence-corrected chi connectivity index (χ0v) is 5.99. The molecule has 1 rings (SSSR count). The first-order chi connectivity index (χ1) is 3.00. The van der Waals surface area contributed by atoms with Crippen molar-refractivity contribution in [3.05, 3.63) is 36.4 Å². The molecule has 1 aromatic carbocycles. The third-order valence-electron chi connectivity index (χ3n) is 0.667. The summed E-state index contributed by atoms with van der Waals surface area (Å²) in [5.74, 6) is 0. The van der Waals surface area contributed by atoms with Crippen LogP contribution in [-0.4, -0.2) is 23.1 Å². The fraction of sp³-hybridized carbons (Fsp3) is 0. The SMILES string of the molecule is [Mg+2].[O-2].c1ccccc1. The Kier molecular flexibility index (Phi) is 9.42. The van der Waals surface area contributed by atoms with Gasteiger partial charge in [-0.05, 0) is 0 Å². The van der Waals surface area contributed by atoms with Gasteiger partial charge in [0, 0.05) is 0 Å². The molecule has 0 radical (unpaired) electrons. The van der Waals surface area contributed by atoms with Crippen molar-refractivity contribution < 1.29 is 5.48 Å². The molecule has 0 heterocycles. The van der Waals surface area contributed by atoms with Crippen LogP contribution in [0.2, 0.25) is 0 Å². The van der Waals surface area contributed by atoms with Gasteiger partial charge in [0.1, 0.15) is 0 Å². The van der Waals surface area contributed by atoms with E-state index < -0.39 is 0 Å². The predicted molar refractivity (Wildman–Crippen MR) is 32.9 cm³/mol. The Bertz CT molecular complexity index is 80.5. The second kappa shape index (κ2) is 6.95. The molecule has 1 nitrogen and oxygen atoms in total. The summed E-state index contributed by atoms with van der Waals surface area (Å²) >= 11 is 0. The molecule has 0 fully saturated rings. The fourth-order valence-corrected chi connectivity index (χ4v) is 0.385. The standard InChI is InChI=1S/C6H6.Mg.O/c1-2-4-6-5-3-1;;/h1-6H;;/q;+2;-2. The molecule has 2 heteroatoms. The van der Waals surface area contributed by atoms with Crippen LogP contribution < -0.4 is 0 Å². The molecule has 38 valence electrons. The fourth-order valence-electron chi connectivity index (χ4n) is 0.385. The Balaban J connectivity index is 0. The van der Waals surface area contributed by atoms with Gasteiger partial charge in [0.05, 0.1) is 0 Å². The smallest absolute Gasteiger partial charge is 2.00 e. The molecule has 1 aromatic rings. The molecule has 0 saturated carbocycles. The summed E-state index contributed by atoms with van der Waals surface area (Å²) in [5, 5.41) is 0. The Morgan fingerprint density at radius 2 is 0.625 bits per heavy atom. The van der Waals surface area contributed by atoms with Crippen molar-refractivity contribution in [1.82, 2.24) is 0 Å². The van der Waals surface area contributed by atoms with Gasteiger partial charge in [0.15, 0.2) is 0 Å². The Morgan fingerprint density at radius 1 is 0.500 bits per heavy atom. The van der Waals surface area contributed by atoms with Crippen LogP contribution in [0.15, 0.2) is 36.4 Å². The van der Waals surface area contributed by atoms with Gasteiger partial charge in [0.2, 0.25) is 0 Å².